The van der Waals surface area contributed by atoms with E-state index >= 15 is 0 Å². The number of carbonyl (C=O) groups is 1. The molecule has 0 aliphatic heterocycles. The van der Waals surface area contributed by atoms with Crippen molar-refractivity contribution in [2.75, 3.05) is 5.32 Å². The number of hydrogen-bond acceptors (Lipinski definition) is 4. The molecule has 0 aliphatic rings. The minimum atomic E-state index is -0.176. The van der Waals surface area contributed by atoms with Gasteiger partial charge in [-0.25, -0.2) is 4.98 Å². The van der Waals surface area contributed by atoms with Crippen molar-refractivity contribution in [1.29, 1.82) is 0 Å². The van der Waals surface area contributed by atoms with Gasteiger partial charge < -0.3 is 5.32 Å². The zero-order chi connectivity index (χ0) is 15.5. The fourth-order valence-electron chi connectivity index (χ4n) is 1.82. The van der Waals surface area contributed by atoms with Gasteiger partial charge in [0.15, 0.2) is 0 Å². The minimum absolute atomic E-state index is 0.176. The molecule has 8 heteroatoms. The van der Waals surface area contributed by atoms with Gasteiger partial charge in [-0.05, 0) is 45.1 Å². The molecule has 3 aromatic rings. The van der Waals surface area contributed by atoms with E-state index in [0.717, 1.165) is 10.0 Å². The average Bonchev–Trinajstić information content (AvgIpc) is 3.11. The Balaban J connectivity index is 1.67. The predicted octanol–water partition coefficient (Wildman–Crippen LogP) is 4.06. The summed E-state index contributed by atoms with van der Waals surface area (Å²) in [6.45, 7) is 0.576. The van der Waals surface area contributed by atoms with Gasteiger partial charge in [0.05, 0.1) is 22.6 Å². The van der Waals surface area contributed by atoms with Crippen LogP contribution >= 0.6 is 38.9 Å². The van der Waals surface area contributed by atoms with E-state index in [9.17, 15) is 4.79 Å². The summed E-state index contributed by atoms with van der Waals surface area (Å²) in [7, 11) is 0. The third kappa shape index (κ3) is 3.73. The topological polar surface area (TPSA) is 59.8 Å². The maximum Gasteiger partial charge on any atom is 0.266 e. The average molecular weight is 398 g/mol. The standard InChI is InChI=1S/C14H10BrClN4OS/c15-10-1-2-13(17-4-10)19-14(21)12-3-9(8-22-12)6-20-7-11(16)5-18-20/h1-5,7-8H,6H2,(H,17,19,21). The van der Waals surface area contributed by atoms with E-state index < -0.39 is 0 Å². The van der Waals surface area contributed by atoms with E-state index in [1.807, 2.05) is 17.5 Å². The minimum Gasteiger partial charge on any atom is -0.306 e. The Labute approximate surface area is 144 Å². The molecule has 5 nitrogen and oxygen atoms in total. The van der Waals surface area contributed by atoms with Crippen molar-refractivity contribution in [3.05, 3.63) is 62.1 Å². The number of hydrogen-bond donors (Lipinski definition) is 1. The normalized spacial score (nSPS) is 10.6. The lowest BCUT2D eigenvalue weighted by molar-refractivity contribution is 0.103. The van der Waals surface area contributed by atoms with Crippen LogP contribution in [0.5, 0.6) is 0 Å². The monoisotopic (exact) mass is 396 g/mol. The largest absolute Gasteiger partial charge is 0.306 e. The Bertz CT molecular complexity index is 799. The first-order valence-corrected chi connectivity index (χ1v) is 8.33. The third-order valence-corrected chi connectivity index (χ3v) is 4.43. The Morgan fingerprint density at radius 3 is 2.95 bits per heavy atom. The van der Waals surface area contributed by atoms with Crippen LogP contribution < -0.4 is 5.32 Å². The predicted molar refractivity (Wildman–Crippen MR) is 90.5 cm³/mol. The number of thiophene rings is 1. The van der Waals surface area contributed by atoms with Crippen molar-refractivity contribution in [1.82, 2.24) is 14.8 Å². The van der Waals surface area contributed by atoms with Crippen molar-refractivity contribution < 1.29 is 4.79 Å². The van der Waals surface area contributed by atoms with Crippen LogP contribution in [0.2, 0.25) is 5.02 Å². The summed E-state index contributed by atoms with van der Waals surface area (Å²) in [5.41, 5.74) is 0.999. The second kappa shape index (κ2) is 6.60. The van der Waals surface area contributed by atoms with Gasteiger partial charge >= 0.3 is 0 Å². The molecular weight excluding hydrogens is 388 g/mol. The van der Waals surface area contributed by atoms with Crippen LogP contribution in [-0.4, -0.2) is 20.7 Å². The number of nitrogens with zero attached hydrogens (tertiary/aromatic N) is 3. The molecule has 1 N–H and O–H groups in total. The molecule has 0 fully saturated rings. The van der Waals surface area contributed by atoms with Crippen LogP contribution in [0.25, 0.3) is 0 Å². The Morgan fingerprint density at radius 2 is 2.27 bits per heavy atom. The molecule has 0 radical (unpaired) electrons. The number of nitrogens with one attached hydrogen (secondary N) is 1. The first kappa shape index (κ1) is 15.2. The molecule has 3 heterocycles. The van der Waals surface area contributed by atoms with Gasteiger partial charge in [-0.2, -0.15) is 5.10 Å². The summed E-state index contributed by atoms with van der Waals surface area (Å²) in [6, 6.07) is 5.40. The molecule has 0 aliphatic carbocycles. The second-order valence-electron chi connectivity index (χ2n) is 4.49. The summed E-state index contributed by atoms with van der Waals surface area (Å²) < 4.78 is 2.59. The van der Waals surface area contributed by atoms with E-state index in [0.29, 0.717) is 22.3 Å². The summed E-state index contributed by atoms with van der Waals surface area (Å²) in [6.07, 6.45) is 4.96. The van der Waals surface area contributed by atoms with Crippen LogP contribution in [0, 0.1) is 0 Å². The molecule has 1 amide bonds. The van der Waals surface area contributed by atoms with Crippen LogP contribution in [0.4, 0.5) is 5.82 Å². The molecule has 0 saturated carbocycles. The van der Waals surface area contributed by atoms with Crippen LogP contribution in [0.3, 0.4) is 0 Å². The molecule has 112 valence electrons. The molecule has 0 atom stereocenters. The van der Waals surface area contributed by atoms with Gasteiger partial charge in [0.1, 0.15) is 5.82 Å². The van der Waals surface area contributed by atoms with Crippen molar-refractivity contribution in [3.8, 4) is 0 Å². The summed E-state index contributed by atoms with van der Waals surface area (Å²) in [5.74, 6) is 0.339. The van der Waals surface area contributed by atoms with Crippen molar-refractivity contribution in [2.45, 2.75) is 6.54 Å². The van der Waals surface area contributed by atoms with Crippen molar-refractivity contribution in [2.24, 2.45) is 0 Å². The number of amides is 1. The summed E-state index contributed by atoms with van der Waals surface area (Å²) in [4.78, 5) is 16.9. The van der Waals surface area contributed by atoms with Crippen LogP contribution in [0.15, 0.2) is 46.6 Å². The number of rotatable bonds is 4. The lowest BCUT2D eigenvalue weighted by atomic mass is 10.3. The van der Waals surface area contributed by atoms with Gasteiger partial charge in [0.25, 0.3) is 5.91 Å². The number of carbonyl (C=O) groups excluding carboxylic acids is 1. The maximum absolute atomic E-state index is 12.2. The second-order valence-corrected chi connectivity index (χ2v) is 6.75. The van der Waals surface area contributed by atoms with Gasteiger partial charge in [0, 0.05) is 16.9 Å². The lowest BCUT2D eigenvalue weighted by Gasteiger charge is -2.02. The molecule has 0 saturated heterocycles. The fraction of sp³-hybridized carbons (Fsp3) is 0.0714. The first-order chi connectivity index (χ1) is 10.6. The highest BCUT2D eigenvalue weighted by molar-refractivity contribution is 9.10. The summed E-state index contributed by atoms with van der Waals surface area (Å²) in [5, 5.41) is 9.40. The van der Waals surface area contributed by atoms with Gasteiger partial charge in [-0.3, -0.25) is 9.48 Å². The highest BCUT2D eigenvalue weighted by atomic mass is 79.9. The molecule has 3 rings (SSSR count). The quantitative estimate of drug-likeness (QED) is 0.722. The highest BCUT2D eigenvalue weighted by Crippen LogP contribution is 2.18. The SMILES string of the molecule is O=C(Nc1ccc(Br)cn1)c1cc(Cn2cc(Cl)cn2)cs1. The molecule has 0 unspecified atom stereocenters. The summed E-state index contributed by atoms with van der Waals surface area (Å²) >= 11 is 10.5. The highest BCUT2D eigenvalue weighted by Gasteiger charge is 2.10. The van der Waals surface area contributed by atoms with Crippen molar-refractivity contribution >= 4 is 50.6 Å². The molecular formula is C14H10BrClN4OS. The van der Waals surface area contributed by atoms with Gasteiger partial charge in [0.2, 0.25) is 0 Å². The maximum atomic E-state index is 12.2. The number of anilines is 1. The Hall–Kier alpha value is -1.70. The van der Waals surface area contributed by atoms with Crippen molar-refractivity contribution in [3.63, 3.8) is 0 Å². The van der Waals surface area contributed by atoms with Gasteiger partial charge in [-0.15, -0.1) is 11.3 Å². The van der Waals surface area contributed by atoms with Crippen LogP contribution in [0.1, 0.15) is 15.2 Å². The number of aromatic nitrogens is 3. The van der Waals surface area contributed by atoms with E-state index in [1.165, 1.54) is 11.3 Å². The lowest BCUT2D eigenvalue weighted by Crippen LogP contribution is -2.11. The molecule has 0 bridgehead atoms. The van der Waals surface area contributed by atoms with E-state index in [2.05, 4.69) is 31.3 Å². The molecule has 22 heavy (non-hydrogen) atoms. The first-order valence-electron chi connectivity index (χ1n) is 6.28. The van der Waals surface area contributed by atoms with Gasteiger partial charge in [-0.1, -0.05) is 11.6 Å². The zero-order valence-electron chi connectivity index (χ0n) is 11.2. The Kier molecular flexibility index (Phi) is 4.56. The zero-order valence-corrected chi connectivity index (χ0v) is 14.3. The van der Waals surface area contributed by atoms with Crippen LogP contribution in [-0.2, 0) is 6.54 Å². The smallest absolute Gasteiger partial charge is 0.266 e. The molecule has 0 spiro atoms. The fourth-order valence-corrected chi connectivity index (χ4v) is 3.01. The van der Waals surface area contributed by atoms with E-state index in [4.69, 9.17) is 11.6 Å². The number of pyridine rings is 1. The van der Waals surface area contributed by atoms with E-state index in [-0.39, 0.29) is 5.91 Å². The van der Waals surface area contributed by atoms with E-state index in [1.54, 1.807) is 29.3 Å². The molecule has 3 aromatic heterocycles. The number of halogens is 2. The Morgan fingerprint density at radius 1 is 1.41 bits per heavy atom. The molecule has 0 aromatic carbocycles. The third-order valence-electron chi connectivity index (χ3n) is 2.79.